The van der Waals surface area contributed by atoms with Crippen molar-refractivity contribution >= 4 is 17.2 Å². The zero-order chi connectivity index (χ0) is 14.8. The number of aryl methyl sites for hydroxylation is 1. The summed E-state index contributed by atoms with van der Waals surface area (Å²) in [6.07, 6.45) is 7.36. The van der Waals surface area contributed by atoms with Crippen molar-refractivity contribution in [3.63, 3.8) is 0 Å². The van der Waals surface area contributed by atoms with E-state index in [1.165, 1.54) is 10.4 Å². The molecular weight excluding hydrogens is 284 g/mol. The van der Waals surface area contributed by atoms with E-state index in [0.717, 1.165) is 29.8 Å². The molecule has 0 fully saturated rings. The molecule has 4 nitrogen and oxygen atoms in total. The van der Waals surface area contributed by atoms with Crippen molar-refractivity contribution < 1.29 is 9.90 Å². The zero-order valence-corrected chi connectivity index (χ0v) is 12.9. The van der Waals surface area contributed by atoms with E-state index in [9.17, 15) is 9.90 Å². The van der Waals surface area contributed by atoms with Crippen molar-refractivity contribution in [2.24, 2.45) is 0 Å². The SMILES string of the molecule is CC(O)CCNC(=O)c1c(-n2cccc2)sc2c1CCC2. The number of nitrogens with zero attached hydrogens (tertiary/aromatic N) is 1. The Kier molecular flexibility index (Phi) is 4.12. The summed E-state index contributed by atoms with van der Waals surface area (Å²) in [5.41, 5.74) is 2.05. The fourth-order valence-corrected chi connectivity index (χ4v) is 4.11. The van der Waals surface area contributed by atoms with E-state index in [1.807, 2.05) is 29.1 Å². The average molecular weight is 304 g/mol. The molecule has 2 heterocycles. The van der Waals surface area contributed by atoms with Crippen LogP contribution < -0.4 is 5.32 Å². The molecule has 1 aliphatic rings. The van der Waals surface area contributed by atoms with E-state index in [0.29, 0.717) is 13.0 Å². The first kappa shape index (κ1) is 14.4. The summed E-state index contributed by atoms with van der Waals surface area (Å²) >= 11 is 1.73. The lowest BCUT2D eigenvalue weighted by Crippen LogP contribution is -2.27. The van der Waals surface area contributed by atoms with Crippen molar-refractivity contribution in [1.82, 2.24) is 9.88 Å². The monoisotopic (exact) mass is 304 g/mol. The Morgan fingerprint density at radius 1 is 1.43 bits per heavy atom. The third-order valence-corrected chi connectivity index (χ3v) is 5.12. The zero-order valence-electron chi connectivity index (χ0n) is 12.1. The van der Waals surface area contributed by atoms with Gasteiger partial charge in [0.05, 0.1) is 11.7 Å². The van der Waals surface area contributed by atoms with E-state index in [2.05, 4.69) is 5.32 Å². The van der Waals surface area contributed by atoms with Crippen LogP contribution in [0.4, 0.5) is 0 Å². The number of rotatable bonds is 5. The number of hydrogen-bond donors (Lipinski definition) is 2. The number of hydrogen-bond acceptors (Lipinski definition) is 3. The third kappa shape index (κ3) is 2.89. The van der Waals surface area contributed by atoms with Crippen LogP contribution in [-0.4, -0.2) is 28.2 Å². The quantitative estimate of drug-likeness (QED) is 0.892. The maximum absolute atomic E-state index is 12.6. The Morgan fingerprint density at radius 2 is 2.19 bits per heavy atom. The smallest absolute Gasteiger partial charge is 0.254 e. The lowest BCUT2D eigenvalue weighted by atomic mass is 10.1. The summed E-state index contributed by atoms with van der Waals surface area (Å²) in [4.78, 5) is 13.9. The maximum Gasteiger partial charge on any atom is 0.254 e. The van der Waals surface area contributed by atoms with Gasteiger partial charge in [-0.3, -0.25) is 4.79 Å². The second-order valence-corrected chi connectivity index (χ2v) is 6.61. The van der Waals surface area contributed by atoms with Crippen LogP contribution >= 0.6 is 11.3 Å². The number of aliphatic hydroxyl groups excluding tert-OH is 1. The topological polar surface area (TPSA) is 54.3 Å². The fourth-order valence-electron chi connectivity index (χ4n) is 2.76. The lowest BCUT2D eigenvalue weighted by Gasteiger charge is -2.10. The summed E-state index contributed by atoms with van der Waals surface area (Å²) in [7, 11) is 0. The van der Waals surface area contributed by atoms with Gasteiger partial charge in [-0.25, -0.2) is 0 Å². The minimum atomic E-state index is -0.387. The van der Waals surface area contributed by atoms with Crippen LogP contribution in [0.2, 0.25) is 0 Å². The Labute approximate surface area is 128 Å². The Hall–Kier alpha value is -1.59. The first-order valence-corrected chi connectivity index (χ1v) is 8.22. The summed E-state index contributed by atoms with van der Waals surface area (Å²) in [5, 5.41) is 13.3. The van der Waals surface area contributed by atoms with Crippen LogP contribution in [-0.2, 0) is 12.8 Å². The van der Waals surface area contributed by atoms with Gasteiger partial charge in [0, 0.05) is 23.8 Å². The summed E-state index contributed by atoms with van der Waals surface area (Å²) < 4.78 is 2.02. The molecule has 1 unspecified atom stereocenters. The second-order valence-electron chi connectivity index (χ2n) is 5.52. The molecule has 2 aromatic rings. The van der Waals surface area contributed by atoms with Gasteiger partial charge in [-0.1, -0.05) is 0 Å². The van der Waals surface area contributed by atoms with Crippen molar-refractivity contribution in [3.05, 3.63) is 40.5 Å². The number of amides is 1. The minimum absolute atomic E-state index is 0.0150. The number of fused-ring (bicyclic) bond motifs is 1. The van der Waals surface area contributed by atoms with E-state index < -0.39 is 0 Å². The molecule has 2 aromatic heterocycles. The van der Waals surface area contributed by atoms with Crippen molar-refractivity contribution in [1.29, 1.82) is 0 Å². The van der Waals surface area contributed by atoms with Gasteiger partial charge in [0.15, 0.2) is 0 Å². The molecule has 3 rings (SSSR count). The minimum Gasteiger partial charge on any atom is -0.393 e. The van der Waals surface area contributed by atoms with Crippen LogP contribution in [0.5, 0.6) is 0 Å². The summed E-state index contributed by atoms with van der Waals surface area (Å²) in [6.45, 7) is 2.24. The molecule has 0 aliphatic heterocycles. The van der Waals surface area contributed by atoms with Gasteiger partial charge in [-0.05, 0) is 50.3 Å². The fraction of sp³-hybridized carbons (Fsp3) is 0.438. The highest BCUT2D eigenvalue weighted by molar-refractivity contribution is 7.15. The van der Waals surface area contributed by atoms with Gasteiger partial charge in [0.25, 0.3) is 5.91 Å². The highest BCUT2D eigenvalue weighted by atomic mass is 32.1. The number of carbonyl (C=O) groups excluding carboxylic acids is 1. The molecular formula is C16H20N2O2S. The standard InChI is InChI=1S/C16H20N2O2S/c1-11(19)7-8-17-15(20)14-12-5-4-6-13(12)21-16(14)18-9-2-3-10-18/h2-3,9-11,19H,4-8H2,1H3,(H,17,20). The summed E-state index contributed by atoms with van der Waals surface area (Å²) in [5.74, 6) is -0.0150. The highest BCUT2D eigenvalue weighted by Crippen LogP contribution is 2.37. The van der Waals surface area contributed by atoms with Gasteiger partial charge in [-0.2, -0.15) is 0 Å². The Bertz CT molecular complexity index is 629. The molecule has 1 aliphatic carbocycles. The molecule has 0 aromatic carbocycles. The van der Waals surface area contributed by atoms with Crippen molar-refractivity contribution in [2.45, 2.75) is 38.7 Å². The number of thiophene rings is 1. The molecule has 112 valence electrons. The number of aromatic nitrogens is 1. The van der Waals surface area contributed by atoms with E-state index in [1.54, 1.807) is 18.3 Å². The maximum atomic E-state index is 12.6. The predicted octanol–water partition coefficient (Wildman–Crippen LogP) is 2.53. The molecule has 5 heteroatoms. The van der Waals surface area contributed by atoms with Gasteiger partial charge in [0.1, 0.15) is 5.00 Å². The van der Waals surface area contributed by atoms with Crippen molar-refractivity contribution in [2.75, 3.05) is 6.54 Å². The normalized spacial score (nSPS) is 15.0. The molecule has 1 atom stereocenters. The number of carbonyl (C=O) groups is 1. The van der Waals surface area contributed by atoms with Crippen LogP contribution in [0.25, 0.3) is 5.00 Å². The number of nitrogens with one attached hydrogen (secondary N) is 1. The van der Waals surface area contributed by atoms with E-state index >= 15 is 0 Å². The molecule has 0 saturated carbocycles. The molecule has 21 heavy (non-hydrogen) atoms. The van der Waals surface area contributed by atoms with Crippen LogP contribution in [0.1, 0.15) is 40.6 Å². The molecule has 0 spiro atoms. The molecule has 0 bridgehead atoms. The first-order chi connectivity index (χ1) is 10.2. The molecule has 1 amide bonds. The largest absolute Gasteiger partial charge is 0.393 e. The third-order valence-electron chi connectivity index (χ3n) is 3.82. The van der Waals surface area contributed by atoms with Gasteiger partial charge in [-0.15, -0.1) is 11.3 Å². The molecule has 2 N–H and O–H groups in total. The highest BCUT2D eigenvalue weighted by Gasteiger charge is 2.26. The number of aliphatic hydroxyl groups is 1. The van der Waals surface area contributed by atoms with Crippen molar-refractivity contribution in [3.8, 4) is 5.00 Å². The van der Waals surface area contributed by atoms with Crippen LogP contribution in [0, 0.1) is 0 Å². The summed E-state index contributed by atoms with van der Waals surface area (Å²) in [6, 6.07) is 3.94. The van der Waals surface area contributed by atoms with Gasteiger partial charge in [0.2, 0.25) is 0 Å². The molecule has 0 saturated heterocycles. The van der Waals surface area contributed by atoms with E-state index in [4.69, 9.17) is 0 Å². The Morgan fingerprint density at radius 3 is 2.90 bits per heavy atom. The first-order valence-electron chi connectivity index (χ1n) is 7.41. The average Bonchev–Trinajstić information content (AvgIpc) is 3.13. The van der Waals surface area contributed by atoms with Crippen LogP contribution in [0.3, 0.4) is 0 Å². The molecule has 0 radical (unpaired) electrons. The Balaban J connectivity index is 1.88. The predicted molar refractivity (Wildman–Crippen MR) is 84.3 cm³/mol. The van der Waals surface area contributed by atoms with Gasteiger partial charge < -0.3 is 15.0 Å². The second kappa shape index (κ2) is 6.03. The lowest BCUT2D eigenvalue weighted by molar-refractivity contribution is 0.0945. The van der Waals surface area contributed by atoms with Gasteiger partial charge >= 0.3 is 0 Å². The van der Waals surface area contributed by atoms with E-state index in [-0.39, 0.29) is 12.0 Å². The van der Waals surface area contributed by atoms with Crippen LogP contribution in [0.15, 0.2) is 24.5 Å².